The van der Waals surface area contributed by atoms with E-state index >= 15 is 0 Å². The van der Waals surface area contributed by atoms with Crippen LogP contribution in [0.4, 0.5) is 0 Å². The zero-order valence-electron chi connectivity index (χ0n) is 10.5. The Bertz CT molecular complexity index is 467. The molecule has 0 bridgehead atoms. The molecule has 18 heavy (non-hydrogen) atoms. The smallest absolute Gasteiger partial charge is 0.254 e. The van der Waals surface area contributed by atoms with Crippen LogP contribution in [0, 0.1) is 5.41 Å². The third kappa shape index (κ3) is 2.20. The van der Waals surface area contributed by atoms with Gasteiger partial charge in [0.05, 0.1) is 0 Å². The number of hydrogen-bond acceptors (Lipinski definition) is 1. The fraction of sp³-hybridized carbons (Fsp3) is 0.533. The van der Waals surface area contributed by atoms with Crippen LogP contribution in [0.5, 0.6) is 0 Å². The maximum Gasteiger partial charge on any atom is 0.254 e. The fourth-order valence-corrected chi connectivity index (χ4v) is 3.48. The number of rotatable bonds is 3. The lowest BCUT2D eigenvalue weighted by molar-refractivity contribution is 0.0731. The van der Waals surface area contributed by atoms with Gasteiger partial charge in [0, 0.05) is 24.0 Å². The summed E-state index contributed by atoms with van der Waals surface area (Å²) in [5.41, 5.74) is 2.50. The molecular formula is C15H18BrNO. The maximum atomic E-state index is 12.6. The second kappa shape index (κ2) is 4.69. The van der Waals surface area contributed by atoms with Crippen molar-refractivity contribution in [1.82, 2.24) is 4.90 Å². The van der Waals surface area contributed by atoms with Crippen molar-refractivity contribution in [2.45, 2.75) is 25.7 Å². The maximum absolute atomic E-state index is 12.6. The summed E-state index contributed by atoms with van der Waals surface area (Å²) in [6.07, 6.45) is 4.62. The van der Waals surface area contributed by atoms with Gasteiger partial charge >= 0.3 is 0 Å². The minimum absolute atomic E-state index is 0.232. The van der Waals surface area contributed by atoms with Crippen LogP contribution in [0.3, 0.4) is 0 Å². The molecule has 3 rings (SSSR count). The average molecular weight is 308 g/mol. The molecule has 3 heteroatoms. The molecule has 0 N–H and O–H groups in total. The largest absolute Gasteiger partial charge is 0.338 e. The second-order valence-electron chi connectivity index (χ2n) is 5.62. The van der Waals surface area contributed by atoms with Crippen molar-refractivity contribution in [2.75, 3.05) is 18.4 Å². The Morgan fingerprint density at radius 1 is 1.28 bits per heavy atom. The van der Waals surface area contributed by atoms with Crippen LogP contribution in [0.1, 0.15) is 35.2 Å². The van der Waals surface area contributed by atoms with Crippen molar-refractivity contribution < 1.29 is 4.79 Å². The number of nitrogens with zero attached hydrogens (tertiary/aromatic N) is 1. The molecule has 2 nitrogen and oxygen atoms in total. The summed E-state index contributed by atoms with van der Waals surface area (Å²) in [7, 11) is 0. The highest BCUT2D eigenvalue weighted by molar-refractivity contribution is 9.09. The molecule has 0 aromatic heterocycles. The molecule has 1 heterocycles. The molecule has 1 aliphatic heterocycles. The Hall–Kier alpha value is -0.830. The van der Waals surface area contributed by atoms with E-state index in [1.807, 2.05) is 18.2 Å². The first-order valence-electron chi connectivity index (χ1n) is 6.67. The van der Waals surface area contributed by atoms with Crippen molar-refractivity contribution >= 4 is 21.8 Å². The van der Waals surface area contributed by atoms with Gasteiger partial charge in [0.1, 0.15) is 0 Å². The fourth-order valence-electron chi connectivity index (χ4n) is 2.75. The zero-order chi connectivity index (χ0) is 12.6. The molecule has 1 aromatic carbocycles. The Labute approximate surface area is 116 Å². The van der Waals surface area contributed by atoms with Gasteiger partial charge in [0.2, 0.25) is 0 Å². The Kier molecular flexibility index (Phi) is 3.18. The van der Waals surface area contributed by atoms with Gasteiger partial charge in [0.25, 0.3) is 5.91 Å². The van der Waals surface area contributed by atoms with E-state index in [-0.39, 0.29) is 5.91 Å². The van der Waals surface area contributed by atoms with Crippen molar-refractivity contribution in [2.24, 2.45) is 5.41 Å². The summed E-state index contributed by atoms with van der Waals surface area (Å²) in [5.74, 6) is 0.232. The van der Waals surface area contributed by atoms with Gasteiger partial charge in [-0.25, -0.2) is 0 Å². The minimum atomic E-state index is 0.232. The molecular weight excluding hydrogens is 290 g/mol. The average Bonchev–Trinajstić information content (AvgIpc) is 3.19. The monoisotopic (exact) mass is 307 g/mol. The summed E-state index contributed by atoms with van der Waals surface area (Å²) in [6.45, 7) is 1.83. The van der Waals surface area contributed by atoms with Gasteiger partial charge in [-0.1, -0.05) is 34.1 Å². The van der Waals surface area contributed by atoms with E-state index in [0.29, 0.717) is 5.41 Å². The van der Waals surface area contributed by atoms with Gasteiger partial charge < -0.3 is 4.90 Å². The highest BCUT2D eigenvalue weighted by Gasteiger charge is 2.44. The first-order chi connectivity index (χ1) is 8.74. The van der Waals surface area contributed by atoms with Gasteiger partial charge in [-0.05, 0) is 42.7 Å². The van der Waals surface area contributed by atoms with E-state index in [4.69, 9.17) is 0 Å². The molecule has 1 fully saturated rings. The van der Waals surface area contributed by atoms with E-state index in [2.05, 4.69) is 26.9 Å². The highest BCUT2D eigenvalue weighted by atomic mass is 79.9. The number of carbonyl (C=O) groups is 1. The predicted molar refractivity (Wildman–Crippen MR) is 76.1 cm³/mol. The third-order valence-corrected chi connectivity index (χ3v) is 5.37. The van der Waals surface area contributed by atoms with E-state index in [0.717, 1.165) is 36.8 Å². The summed E-state index contributed by atoms with van der Waals surface area (Å²) in [4.78, 5) is 14.6. The van der Waals surface area contributed by atoms with Crippen molar-refractivity contribution in [1.29, 1.82) is 0 Å². The van der Waals surface area contributed by atoms with Gasteiger partial charge in [-0.15, -0.1) is 0 Å². The molecule has 1 aliphatic carbocycles. The molecule has 0 unspecified atom stereocenters. The zero-order valence-corrected chi connectivity index (χ0v) is 12.1. The second-order valence-corrected chi connectivity index (χ2v) is 6.18. The Morgan fingerprint density at radius 3 is 2.78 bits per heavy atom. The number of carbonyl (C=O) groups excluding carboxylic acids is 1. The van der Waals surface area contributed by atoms with E-state index in [1.54, 1.807) is 0 Å². The van der Waals surface area contributed by atoms with Crippen LogP contribution in [0.25, 0.3) is 0 Å². The lowest BCUT2D eigenvalue weighted by Crippen LogP contribution is -2.36. The van der Waals surface area contributed by atoms with Gasteiger partial charge in [-0.3, -0.25) is 4.79 Å². The summed E-state index contributed by atoms with van der Waals surface area (Å²) >= 11 is 3.59. The van der Waals surface area contributed by atoms with Crippen molar-refractivity contribution in [3.63, 3.8) is 0 Å². The molecule has 1 amide bonds. The molecule has 0 spiro atoms. The van der Waals surface area contributed by atoms with Crippen LogP contribution >= 0.6 is 15.9 Å². The molecule has 1 saturated carbocycles. The minimum Gasteiger partial charge on any atom is -0.338 e. The number of aryl methyl sites for hydroxylation is 1. The van der Waals surface area contributed by atoms with E-state index < -0.39 is 0 Å². The van der Waals surface area contributed by atoms with Gasteiger partial charge in [-0.2, -0.15) is 0 Å². The SMILES string of the molecule is O=C1c2ccccc2CCCN1CC1(CBr)CC1. The lowest BCUT2D eigenvalue weighted by atomic mass is 10.0. The third-order valence-electron chi connectivity index (χ3n) is 4.18. The lowest BCUT2D eigenvalue weighted by Gasteiger charge is -2.25. The van der Waals surface area contributed by atoms with E-state index in [1.165, 1.54) is 18.4 Å². The highest BCUT2D eigenvalue weighted by Crippen LogP contribution is 2.48. The van der Waals surface area contributed by atoms with Crippen molar-refractivity contribution in [3.8, 4) is 0 Å². The molecule has 0 radical (unpaired) electrons. The molecule has 0 saturated heterocycles. The number of alkyl halides is 1. The Balaban J connectivity index is 1.83. The predicted octanol–water partition coefficient (Wildman–Crippen LogP) is 3.25. The number of hydrogen-bond donors (Lipinski definition) is 0. The number of amides is 1. The van der Waals surface area contributed by atoms with Crippen LogP contribution < -0.4 is 0 Å². The van der Waals surface area contributed by atoms with Crippen molar-refractivity contribution in [3.05, 3.63) is 35.4 Å². The number of halogens is 1. The molecule has 96 valence electrons. The van der Waals surface area contributed by atoms with Crippen LogP contribution in [-0.4, -0.2) is 29.2 Å². The summed E-state index contributed by atoms with van der Waals surface area (Å²) < 4.78 is 0. The van der Waals surface area contributed by atoms with E-state index in [9.17, 15) is 4.79 Å². The van der Waals surface area contributed by atoms with Crippen LogP contribution in [-0.2, 0) is 6.42 Å². The van der Waals surface area contributed by atoms with Crippen LogP contribution in [0.15, 0.2) is 24.3 Å². The topological polar surface area (TPSA) is 20.3 Å². The number of fused-ring (bicyclic) bond motifs is 1. The quantitative estimate of drug-likeness (QED) is 0.785. The normalized spacial score (nSPS) is 21.4. The first kappa shape index (κ1) is 12.2. The summed E-state index contributed by atoms with van der Waals surface area (Å²) in [5, 5.41) is 1.02. The molecule has 0 atom stereocenters. The molecule has 2 aliphatic rings. The molecule has 1 aromatic rings. The number of benzene rings is 1. The Morgan fingerprint density at radius 2 is 2.06 bits per heavy atom. The van der Waals surface area contributed by atoms with Gasteiger partial charge in [0.15, 0.2) is 0 Å². The van der Waals surface area contributed by atoms with Crippen LogP contribution in [0.2, 0.25) is 0 Å². The summed E-state index contributed by atoms with van der Waals surface area (Å²) in [6, 6.07) is 8.07. The standard InChI is InChI=1S/C15H18BrNO/c16-10-15(7-8-15)11-17-9-3-5-12-4-1-2-6-13(12)14(17)18/h1-2,4,6H,3,5,7-11H2. The first-order valence-corrected chi connectivity index (χ1v) is 7.79.